The van der Waals surface area contributed by atoms with Crippen LogP contribution >= 0.6 is 0 Å². The van der Waals surface area contributed by atoms with Crippen LogP contribution in [0.3, 0.4) is 0 Å². The number of hydrogen-bond donors (Lipinski definition) is 4. The Balaban J connectivity index is 2.35. The Bertz CT molecular complexity index is 723. The molecule has 1 aliphatic rings. The number of hydrogen-bond acceptors (Lipinski definition) is 8. The summed E-state index contributed by atoms with van der Waals surface area (Å²) in [5.41, 5.74) is -1.58. The zero-order chi connectivity index (χ0) is 15.8. The zero-order valence-electron chi connectivity index (χ0n) is 10.3. The van der Waals surface area contributed by atoms with E-state index in [2.05, 4.69) is 4.18 Å². The molecule has 0 saturated carbocycles. The summed E-state index contributed by atoms with van der Waals surface area (Å²) >= 11 is 0. The Kier molecular flexibility index (Phi) is 4.27. The molecule has 0 aliphatic carbocycles. The highest BCUT2D eigenvalue weighted by molar-refractivity contribution is 7.80. The van der Waals surface area contributed by atoms with Crippen molar-refractivity contribution in [3.05, 3.63) is 33.1 Å². The lowest BCUT2D eigenvalue weighted by molar-refractivity contribution is -0.0545. The molecule has 0 aromatic carbocycles. The fourth-order valence-electron chi connectivity index (χ4n) is 1.98. The van der Waals surface area contributed by atoms with Crippen LogP contribution in [0.5, 0.6) is 0 Å². The Hall–Kier alpha value is -1.57. The number of aromatic amines is 1. The van der Waals surface area contributed by atoms with Crippen molar-refractivity contribution in [3.63, 3.8) is 0 Å². The second kappa shape index (κ2) is 5.67. The molecule has 11 nitrogen and oxygen atoms in total. The van der Waals surface area contributed by atoms with Gasteiger partial charge in [-0.25, -0.2) is 8.98 Å². The number of nitrogens with zero attached hydrogens (tertiary/aromatic N) is 1. The molecule has 1 fully saturated rings. The third kappa shape index (κ3) is 3.37. The molecule has 1 aromatic rings. The maximum atomic E-state index is 11.6. The maximum absolute atomic E-state index is 11.6. The molecular weight excluding hydrogens is 312 g/mol. The van der Waals surface area contributed by atoms with Crippen LogP contribution in [-0.2, 0) is 19.3 Å². The first-order valence-electron chi connectivity index (χ1n) is 5.64. The maximum Gasteiger partial charge on any atom is 0.397 e. The summed E-state index contributed by atoms with van der Waals surface area (Å²) in [6, 6.07) is 0.988. The van der Waals surface area contributed by atoms with E-state index in [4.69, 9.17) is 14.4 Å². The van der Waals surface area contributed by atoms with Crippen LogP contribution in [0.25, 0.3) is 0 Å². The van der Waals surface area contributed by atoms with Crippen molar-refractivity contribution in [1.29, 1.82) is 0 Å². The first-order chi connectivity index (χ1) is 9.73. The Morgan fingerprint density at radius 3 is 2.62 bits per heavy atom. The molecule has 0 amide bonds. The van der Waals surface area contributed by atoms with E-state index < -0.39 is 52.8 Å². The van der Waals surface area contributed by atoms with Crippen molar-refractivity contribution in [3.8, 4) is 0 Å². The minimum atomic E-state index is -4.90. The molecule has 4 atom stereocenters. The van der Waals surface area contributed by atoms with Gasteiger partial charge in [-0.3, -0.25) is 18.9 Å². The van der Waals surface area contributed by atoms with E-state index in [1.54, 1.807) is 0 Å². The number of nitrogens with one attached hydrogen (secondary N) is 1. The predicted molar refractivity (Wildman–Crippen MR) is 64.7 cm³/mol. The van der Waals surface area contributed by atoms with Gasteiger partial charge in [-0.05, 0) is 0 Å². The summed E-state index contributed by atoms with van der Waals surface area (Å²) in [5, 5.41) is 19.1. The average molecular weight is 324 g/mol. The highest BCUT2D eigenvalue weighted by Crippen LogP contribution is 2.30. The van der Waals surface area contributed by atoms with Crippen LogP contribution in [0.4, 0.5) is 0 Å². The minimum Gasteiger partial charge on any atom is -0.394 e. The van der Waals surface area contributed by atoms with Crippen LogP contribution in [-0.4, -0.2) is 57.7 Å². The van der Waals surface area contributed by atoms with E-state index in [9.17, 15) is 23.1 Å². The Morgan fingerprint density at radius 1 is 1.43 bits per heavy atom. The summed E-state index contributed by atoms with van der Waals surface area (Å²) in [5.74, 6) is 0. The molecule has 1 aromatic heterocycles. The lowest BCUT2D eigenvalue weighted by atomic mass is 10.1. The number of H-pyrrole nitrogens is 1. The van der Waals surface area contributed by atoms with Gasteiger partial charge in [-0.15, -0.1) is 0 Å². The fourth-order valence-corrected chi connectivity index (χ4v) is 2.50. The summed E-state index contributed by atoms with van der Waals surface area (Å²) in [7, 11) is -4.90. The third-order valence-corrected chi connectivity index (χ3v) is 3.31. The lowest BCUT2D eigenvalue weighted by Gasteiger charge is -2.18. The number of aliphatic hydroxyl groups excluding tert-OH is 2. The lowest BCUT2D eigenvalue weighted by Crippen LogP contribution is -2.39. The molecule has 21 heavy (non-hydrogen) atoms. The van der Waals surface area contributed by atoms with E-state index in [0.717, 1.165) is 16.8 Å². The monoisotopic (exact) mass is 324 g/mol. The van der Waals surface area contributed by atoms with E-state index in [-0.39, 0.29) is 0 Å². The molecule has 12 heteroatoms. The standard InChI is InChI=1S/C9H12N2O9S/c12-3-4-7(20-21(16,17)18)6(14)8(19-4)11-2-1-5(13)10-9(11)15/h1-2,4,6-8,12,14H,3H2,(H,10,13,15)(H,16,17,18)/t4-,6-,7-,8-/m1/s1. The second-order valence-corrected chi connectivity index (χ2v) is 5.29. The summed E-state index contributed by atoms with van der Waals surface area (Å²) in [6.45, 7) is -0.730. The SMILES string of the molecule is O=c1ccn([C@@H]2O[C@H](CO)[C@@H](OS(=O)(=O)O)[C@H]2O)c(=O)[nH]1. The van der Waals surface area contributed by atoms with Crippen LogP contribution in [0.15, 0.2) is 21.9 Å². The van der Waals surface area contributed by atoms with Gasteiger partial charge in [0.25, 0.3) is 5.56 Å². The quantitative estimate of drug-likeness (QED) is 0.421. The van der Waals surface area contributed by atoms with Gasteiger partial charge in [0.2, 0.25) is 0 Å². The van der Waals surface area contributed by atoms with E-state index in [1.165, 1.54) is 0 Å². The fraction of sp³-hybridized carbons (Fsp3) is 0.556. The number of aliphatic hydroxyl groups is 2. The number of ether oxygens (including phenoxy) is 1. The van der Waals surface area contributed by atoms with Gasteiger partial charge in [0.05, 0.1) is 6.61 Å². The van der Waals surface area contributed by atoms with Gasteiger partial charge < -0.3 is 14.9 Å². The summed E-state index contributed by atoms with van der Waals surface area (Å²) in [4.78, 5) is 24.5. The molecule has 0 spiro atoms. The molecule has 0 radical (unpaired) electrons. The first-order valence-corrected chi connectivity index (χ1v) is 7.01. The van der Waals surface area contributed by atoms with E-state index >= 15 is 0 Å². The van der Waals surface area contributed by atoms with E-state index in [1.807, 2.05) is 4.98 Å². The topological polar surface area (TPSA) is 168 Å². The highest BCUT2D eigenvalue weighted by atomic mass is 32.3. The van der Waals surface area contributed by atoms with Crippen LogP contribution < -0.4 is 11.2 Å². The average Bonchev–Trinajstić information content (AvgIpc) is 2.65. The van der Waals surface area contributed by atoms with Gasteiger partial charge in [-0.1, -0.05) is 0 Å². The van der Waals surface area contributed by atoms with Gasteiger partial charge in [-0.2, -0.15) is 8.42 Å². The second-order valence-electron chi connectivity index (χ2n) is 4.24. The van der Waals surface area contributed by atoms with Gasteiger partial charge in [0, 0.05) is 12.3 Å². The Morgan fingerprint density at radius 2 is 2.10 bits per heavy atom. The molecule has 118 valence electrons. The van der Waals surface area contributed by atoms with Gasteiger partial charge >= 0.3 is 16.1 Å². The van der Waals surface area contributed by atoms with Gasteiger partial charge in [0.1, 0.15) is 18.3 Å². The van der Waals surface area contributed by atoms with Crippen molar-refractivity contribution >= 4 is 10.4 Å². The van der Waals surface area contributed by atoms with Crippen molar-refractivity contribution in [1.82, 2.24) is 9.55 Å². The molecular formula is C9H12N2O9S. The van der Waals surface area contributed by atoms with Crippen molar-refractivity contribution in [2.75, 3.05) is 6.61 Å². The number of rotatable bonds is 4. The van der Waals surface area contributed by atoms with Crippen molar-refractivity contribution in [2.24, 2.45) is 0 Å². The Labute approximate surface area is 117 Å². The predicted octanol–water partition coefficient (Wildman–Crippen LogP) is -3.02. The largest absolute Gasteiger partial charge is 0.397 e. The summed E-state index contributed by atoms with van der Waals surface area (Å²) in [6.07, 6.45) is -4.98. The molecule has 4 N–H and O–H groups in total. The molecule has 2 rings (SSSR count). The molecule has 1 aliphatic heterocycles. The smallest absolute Gasteiger partial charge is 0.394 e. The van der Waals surface area contributed by atoms with Crippen LogP contribution in [0, 0.1) is 0 Å². The highest BCUT2D eigenvalue weighted by Gasteiger charge is 2.47. The van der Waals surface area contributed by atoms with Crippen molar-refractivity contribution < 1.29 is 32.1 Å². The third-order valence-electron chi connectivity index (χ3n) is 2.85. The van der Waals surface area contributed by atoms with Crippen LogP contribution in [0.1, 0.15) is 6.23 Å². The summed E-state index contributed by atoms with van der Waals surface area (Å²) < 4.78 is 40.2. The molecule has 1 saturated heterocycles. The molecule has 0 bridgehead atoms. The normalized spacial score (nSPS) is 29.7. The molecule has 2 heterocycles. The van der Waals surface area contributed by atoms with E-state index in [0.29, 0.717) is 0 Å². The minimum absolute atomic E-state index is 0.673. The van der Waals surface area contributed by atoms with Gasteiger partial charge in [0.15, 0.2) is 6.23 Å². The van der Waals surface area contributed by atoms with Crippen molar-refractivity contribution in [2.45, 2.75) is 24.5 Å². The molecule has 0 unspecified atom stereocenters. The number of aromatic nitrogens is 2. The first kappa shape index (κ1) is 15.8. The zero-order valence-corrected chi connectivity index (χ0v) is 11.1. The van der Waals surface area contributed by atoms with Crippen LogP contribution in [0.2, 0.25) is 0 Å².